The second kappa shape index (κ2) is 8.62. The SMILES string of the molecule is NS(=O)(=O)c1ccc(NC(=O)C[NH+]2CC[NH+](Cc3ccccc3)CC2)cc1. The lowest BCUT2D eigenvalue weighted by Crippen LogP contribution is -3.28. The van der Waals surface area contributed by atoms with Gasteiger partial charge < -0.3 is 15.1 Å². The number of anilines is 1. The Balaban J connectivity index is 1.44. The van der Waals surface area contributed by atoms with Crippen molar-refractivity contribution >= 4 is 21.6 Å². The Morgan fingerprint density at radius 1 is 0.926 bits per heavy atom. The van der Waals surface area contributed by atoms with Gasteiger partial charge in [0.05, 0.1) is 4.90 Å². The fourth-order valence-electron chi connectivity index (χ4n) is 3.36. The van der Waals surface area contributed by atoms with Crippen LogP contribution in [0.15, 0.2) is 59.5 Å². The highest BCUT2D eigenvalue weighted by molar-refractivity contribution is 7.89. The zero-order chi connectivity index (χ0) is 19.3. The van der Waals surface area contributed by atoms with Crippen LogP contribution < -0.4 is 20.3 Å². The molecule has 1 aliphatic heterocycles. The number of nitrogens with two attached hydrogens (primary N) is 1. The quantitative estimate of drug-likeness (QED) is 0.471. The highest BCUT2D eigenvalue weighted by Crippen LogP contribution is 2.12. The minimum Gasteiger partial charge on any atom is -0.322 e. The van der Waals surface area contributed by atoms with Gasteiger partial charge >= 0.3 is 0 Å². The highest BCUT2D eigenvalue weighted by Gasteiger charge is 2.24. The molecule has 1 fully saturated rings. The minimum atomic E-state index is -3.72. The van der Waals surface area contributed by atoms with Crippen LogP contribution in [0.4, 0.5) is 5.69 Å². The minimum absolute atomic E-state index is 0.0311. The van der Waals surface area contributed by atoms with E-state index < -0.39 is 10.0 Å². The average molecular weight is 391 g/mol. The van der Waals surface area contributed by atoms with Crippen LogP contribution in [0, 0.1) is 0 Å². The Kier molecular flexibility index (Phi) is 6.22. The van der Waals surface area contributed by atoms with Crippen LogP contribution in [0.5, 0.6) is 0 Å². The predicted molar refractivity (Wildman–Crippen MR) is 103 cm³/mol. The van der Waals surface area contributed by atoms with E-state index in [2.05, 4.69) is 29.6 Å². The molecule has 27 heavy (non-hydrogen) atoms. The van der Waals surface area contributed by atoms with E-state index in [-0.39, 0.29) is 10.8 Å². The number of amides is 1. The molecule has 1 saturated heterocycles. The summed E-state index contributed by atoms with van der Waals surface area (Å²) in [7, 11) is -3.72. The van der Waals surface area contributed by atoms with Crippen molar-refractivity contribution in [1.82, 2.24) is 0 Å². The van der Waals surface area contributed by atoms with Gasteiger partial charge in [0.2, 0.25) is 10.0 Å². The molecule has 1 heterocycles. The summed E-state index contributed by atoms with van der Waals surface area (Å²) < 4.78 is 22.5. The van der Waals surface area contributed by atoms with Crippen LogP contribution in [0.3, 0.4) is 0 Å². The van der Waals surface area contributed by atoms with Gasteiger partial charge in [-0.25, -0.2) is 13.6 Å². The molecule has 0 aromatic heterocycles. The zero-order valence-electron chi connectivity index (χ0n) is 15.1. The van der Waals surface area contributed by atoms with E-state index >= 15 is 0 Å². The van der Waals surface area contributed by atoms with Crippen molar-refractivity contribution in [2.45, 2.75) is 11.4 Å². The maximum Gasteiger partial charge on any atom is 0.279 e. The number of benzene rings is 2. The van der Waals surface area contributed by atoms with E-state index in [4.69, 9.17) is 5.14 Å². The predicted octanol–water partition coefficient (Wildman–Crippen LogP) is -1.74. The summed E-state index contributed by atoms with van der Waals surface area (Å²) in [5, 5.41) is 7.89. The smallest absolute Gasteiger partial charge is 0.279 e. The molecule has 0 atom stereocenters. The van der Waals surface area contributed by atoms with Crippen molar-refractivity contribution in [3.05, 3.63) is 60.2 Å². The fourth-order valence-corrected chi connectivity index (χ4v) is 3.87. The maximum atomic E-state index is 12.3. The number of primary sulfonamides is 1. The molecule has 0 bridgehead atoms. The summed E-state index contributed by atoms with van der Waals surface area (Å²) in [5.74, 6) is -0.0696. The van der Waals surface area contributed by atoms with Gasteiger partial charge in [0.1, 0.15) is 32.7 Å². The van der Waals surface area contributed by atoms with Crippen LogP contribution in [-0.4, -0.2) is 47.0 Å². The van der Waals surface area contributed by atoms with Crippen molar-refractivity contribution in [1.29, 1.82) is 0 Å². The Morgan fingerprint density at radius 2 is 1.52 bits per heavy atom. The highest BCUT2D eigenvalue weighted by atomic mass is 32.2. The molecule has 8 heteroatoms. The summed E-state index contributed by atoms with van der Waals surface area (Å²) >= 11 is 0. The lowest BCUT2D eigenvalue weighted by Gasteiger charge is -2.29. The van der Waals surface area contributed by atoms with Crippen molar-refractivity contribution in [3.8, 4) is 0 Å². The number of rotatable bonds is 6. The van der Waals surface area contributed by atoms with E-state index in [0.29, 0.717) is 12.2 Å². The summed E-state index contributed by atoms with van der Waals surface area (Å²) in [4.78, 5) is 15.1. The van der Waals surface area contributed by atoms with Gasteiger partial charge in [0.25, 0.3) is 5.91 Å². The first kappa shape index (κ1) is 19.5. The van der Waals surface area contributed by atoms with Crippen molar-refractivity contribution < 1.29 is 23.0 Å². The second-order valence-electron chi connectivity index (χ2n) is 6.96. The molecule has 0 saturated carbocycles. The molecule has 7 nitrogen and oxygen atoms in total. The van der Waals surface area contributed by atoms with E-state index in [1.807, 2.05) is 6.07 Å². The van der Waals surface area contributed by atoms with E-state index in [1.165, 1.54) is 22.6 Å². The van der Waals surface area contributed by atoms with Crippen LogP contribution in [0.2, 0.25) is 0 Å². The molecular weight excluding hydrogens is 364 g/mol. The molecular formula is C19H26N4O3S+2. The molecule has 1 amide bonds. The number of hydrogen-bond acceptors (Lipinski definition) is 3. The van der Waals surface area contributed by atoms with Gasteiger partial charge in [-0.2, -0.15) is 0 Å². The van der Waals surface area contributed by atoms with E-state index in [0.717, 1.165) is 32.7 Å². The number of carbonyl (C=O) groups excluding carboxylic acids is 1. The standard InChI is InChI=1S/C19H24N4O3S/c20-27(25,26)18-8-6-17(7-9-18)21-19(24)15-23-12-10-22(11-13-23)14-16-4-2-1-3-5-16/h1-9H,10-15H2,(H,21,24)(H2,20,25,26)/p+2. The molecule has 2 aromatic carbocycles. The summed E-state index contributed by atoms with van der Waals surface area (Å²) in [6.07, 6.45) is 0. The molecule has 0 spiro atoms. The first-order valence-corrected chi connectivity index (χ1v) is 10.6. The summed E-state index contributed by atoms with van der Waals surface area (Å²) in [6.45, 7) is 5.44. The molecule has 0 unspecified atom stereocenters. The normalized spacial score (nSPS) is 20.2. The van der Waals surface area contributed by atoms with Gasteiger partial charge in [0, 0.05) is 11.3 Å². The molecule has 5 N–H and O–H groups in total. The zero-order valence-corrected chi connectivity index (χ0v) is 16.0. The Labute approximate surface area is 159 Å². The maximum absolute atomic E-state index is 12.3. The van der Waals surface area contributed by atoms with Crippen LogP contribution in [0.1, 0.15) is 5.56 Å². The second-order valence-corrected chi connectivity index (χ2v) is 8.52. The van der Waals surface area contributed by atoms with Crippen LogP contribution in [0.25, 0.3) is 0 Å². The van der Waals surface area contributed by atoms with E-state index in [9.17, 15) is 13.2 Å². The third-order valence-electron chi connectivity index (χ3n) is 4.84. The van der Waals surface area contributed by atoms with Crippen LogP contribution >= 0.6 is 0 Å². The topological polar surface area (TPSA) is 98.1 Å². The molecule has 0 aliphatic carbocycles. The van der Waals surface area contributed by atoms with Crippen molar-refractivity contribution in [3.63, 3.8) is 0 Å². The van der Waals surface area contributed by atoms with Gasteiger partial charge in [-0.05, 0) is 24.3 Å². The molecule has 2 aromatic rings. The van der Waals surface area contributed by atoms with Gasteiger partial charge in [0.15, 0.2) is 6.54 Å². The summed E-state index contributed by atoms with van der Waals surface area (Å²) in [5.41, 5.74) is 1.91. The van der Waals surface area contributed by atoms with Gasteiger partial charge in [-0.1, -0.05) is 30.3 Å². The molecule has 3 rings (SSSR count). The number of quaternary nitrogens is 2. The third kappa shape index (κ3) is 5.86. The largest absolute Gasteiger partial charge is 0.322 e. The van der Waals surface area contributed by atoms with Crippen molar-refractivity contribution in [2.24, 2.45) is 5.14 Å². The Hall–Kier alpha value is -2.26. The van der Waals surface area contributed by atoms with Crippen LogP contribution in [-0.2, 0) is 21.4 Å². The third-order valence-corrected chi connectivity index (χ3v) is 5.77. The number of sulfonamides is 1. The monoisotopic (exact) mass is 390 g/mol. The summed E-state index contributed by atoms with van der Waals surface area (Å²) in [6, 6.07) is 16.4. The lowest BCUT2D eigenvalue weighted by atomic mass is 10.2. The molecule has 1 aliphatic rings. The number of hydrogen-bond donors (Lipinski definition) is 4. The number of carbonyl (C=O) groups is 1. The average Bonchev–Trinajstić information content (AvgIpc) is 2.64. The molecule has 144 valence electrons. The first-order valence-electron chi connectivity index (χ1n) is 9.04. The van der Waals surface area contributed by atoms with E-state index in [1.54, 1.807) is 17.0 Å². The molecule has 0 radical (unpaired) electrons. The lowest BCUT2D eigenvalue weighted by molar-refractivity contribution is -1.02. The number of piperazine rings is 1. The number of nitrogens with one attached hydrogen (secondary N) is 3. The van der Waals surface area contributed by atoms with Crippen molar-refractivity contribution in [2.75, 3.05) is 38.0 Å². The van der Waals surface area contributed by atoms with Gasteiger partial charge in [-0.15, -0.1) is 0 Å². The Morgan fingerprint density at radius 3 is 2.11 bits per heavy atom. The Bertz CT molecular complexity index is 862. The van der Waals surface area contributed by atoms with Gasteiger partial charge in [-0.3, -0.25) is 4.79 Å². The first-order chi connectivity index (χ1) is 12.9. The fraction of sp³-hybridized carbons (Fsp3) is 0.316.